The summed E-state index contributed by atoms with van der Waals surface area (Å²) < 4.78 is 4.95. The first-order valence-electron chi connectivity index (χ1n) is 7.87. The zero-order valence-electron chi connectivity index (χ0n) is 14.2. The van der Waals surface area contributed by atoms with E-state index < -0.39 is 0 Å². The molecule has 1 aromatic carbocycles. The third kappa shape index (κ3) is 9.43. The molecule has 0 saturated carbocycles. The van der Waals surface area contributed by atoms with Gasteiger partial charge in [-0.3, -0.25) is 4.79 Å². The molecule has 0 bridgehead atoms. The number of ketones is 1. The summed E-state index contributed by atoms with van der Waals surface area (Å²) in [6, 6.07) is 9.83. The van der Waals surface area contributed by atoms with Crippen LogP contribution < -0.4 is 5.32 Å². The Kier molecular flexibility index (Phi) is 9.65. The molecular formula is C20H25NO3. The van der Waals surface area contributed by atoms with Crippen molar-refractivity contribution in [1.29, 1.82) is 0 Å². The highest BCUT2D eigenvalue weighted by Crippen LogP contribution is 2.02. The summed E-state index contributed by atoms with van der Waals surface area (Å²) in [5, 5.41) is 12.8. The predicted molar refractivity (Wildman–Crippen MR) is 98.6 cm³/mol. The molecule has 0 aliphatic heterocycles. The van der Waals surface area contributed by atoms with Crippen LogP contribution in [0.5, 0.6) is 0 Å². The van der Waals surface area contributed by atoms with E-state index in [2.05, 4.69) is 5.32 Å². The van der Waals surface area contributed by atoms with Crippen LogP contribution >= 0.6 is 0 Å². The lowest BCUT2D eigenvalue weighted by atomic mass is 10.2. The van der Waals surface area contributed by atoms with Crippen LogP contribution in [0.4, 0.5) is 0 Å². The van der Waals surface area contributed by atoms with Gasteiger partial charge in [0, 0.05) is 38.1 Å². The summed E-state index contributed by atoms with van der Waals surface area (Å²) in [6.07, 6.45) is 10.4. The summed E-state index contributed by atoms with van der Waals surface area (Å²) in [6.45, 7) is 3.23. The van der Waals surface area contributed by atoms with Crippen molar-refractivity contribution in [2.24, 2.45) is 0 Å². The fraction of sp³-hybridized carbons (Fsp3) is 0.250. The van der Waals surface area contributed by atoms with E-state index in [1.807, 2.05) is 49.4 Å². The van der Waals surface area contributed by atoms with Gasteiger partial charge >= 0.3 is 0 Å². The Morgan fingerprint density at radius 2 is 1.96 bits per heavy atom. The Balaban J connectivity index is 2.45. The molecule has 2 N–H and O–H groups in total. The van der Waals surface area contributed by atoms with E-state index in [0.717, 1.165) is 24.2 Å². The third-order valence-electron chi connectivity index (χ3n) is 3.04. The van der Waals surface area contributed by atoms with Gasteiger partial charge < -0.3 is 15.2 Å². The second-order valence-electron chi connectivity index (χ2n) is 5.20. The normalized spacial score (nSPS) is 12.9. The van der Waals surface area contributed by atoms with Gasteiger partial charge in [0.1, 0.15) is 5.76 Å². The molecule has 0 aliphatic rings. The minimum Gasteiger partial charge on any atom is -0.508 e. The maximum Gasteiger partial charge on any atom is 0.184 e. The molecule has 0 spiro atoms. The lowest BCUT2D eigenvalue weighted by Crippen LogP contribution is -2.15. The standard InChI is InChI=1S/C20H25NO3/c1-17(21-13-8-14-24-2)15-20(23)16-19(22)12-7-6-11-18-9-4-3-5-10-18/h3-7,9-12,15-16,21-22H,8,13-14H2,1-2H3/b11-6+,12-7+,17-15+,19-16-. The van der Waals surface area contributed by atoms with Gasteiger partial charge in [-0.2, -0.15) is 0 Å². The number of nitrogens with one attached hydrogen (secondary N) is 1. The molecule has 0 atom stereocenters. The molecule has 0 heterocycles. The molecule has 0 radical (unpaired) electrons. The van der Waals surface area contributed by atoms with Crippen LogP contribution in [-0.2, 0) is 9.53 Å². The number of rotatable bonds is 10. The van der Waals surface area contributed by atoms with Crippen molar-refractivity contribution >= 4 is 11.9 Å². The fourth-order valence-corrected chi connectivity index (χ4v) is 1.89. The van der Waals surface area contributed by atoms with Gasteiger partial charge in [-0.15, -0.1) is 0 Å². The Bertz CT molecular complexity index is 613. The third-order valence-corrected chi connectivity index (χ3v) is 3.04. The van der Waals surface area contributed by atoms with Crippen LogP contribution in [0, 0.1) is 0 Å². The van der Waals surface area contributed by atoms with Crippen LogP contribution in [0.15, 0.2) is 72.2 Å². The van der Waals surface area contributed by atoms with E-state index >= 15 is 0 Å². The van der Waals surface area contributed by atoms with Crippen molar-refractivity contribution in [3.8, 4) is 0 Å². The first-order valence-corrected chi connectivity index (χ1v) is 7.87. The largest absolute Gasteiger partial charge is 0.508 e. The maximum absolute atomic E-state index is 11.8. The van der Waals surface area contributed by atoms with Crippen LogP contribution in [0.1, 0.15) is 18.9 Å². The number of ether oxygens (including phenoxy) is 1. The average molecular weight is 327 g/mol. The number of allylic oxidation sites excluding steroid dienone is 6. The highest BCUT2D eigenvalue weighted by molar-refractivity contribution is 6.00. The van der Waals surface area contributed by atoms with E-state index in [0.29, 0.717) is 6.61 Å². The summed E-state index contributed by atoms with van der Waals surface area (Å²) >= 11 is 0. The predicted octanol–water partition coefficient (Wildman–Crippen LogP) is 3.80. The monoisotopic (exact) mass is 327 g/mol. The van der Waals surface area contributed by atoms with Gasteiger partial charge in [-0.25, -0.2) is 0 Å². The molecule has 0 aromatic heterocycles. The van der Waals surface area contributed by atoms with Gasteiger partial charge in [0.2, 0.25) is 0 Å². The lowest BCUT2D eigenvalue weighted by Gasteiger charge is -2.04. The van der Waals surface area contributed by atoms with Gasteiger partial charge in [0.15, 0.2) is 5.78 Å². The number of hydrogen-bond acceptors (Lipinski definition) is 4. The number of methoxy groups -OCH3 is 1. The highest BCUT2D eigenvalue weighted by atomic mass is 16.5. The minimum absolute atomic E-state index is 0.0823. The summed E-state index contributed by atoms with van der Waals surface area (Å²) in [7, 11) is 1.66. The van der Waals surface area contributed by atoms with Gasteiger partial charge in [-0.1, -0.05) is 48.6 Å². The van der Waals surface area contributed by atoms with Crippen LogP contribution in [0.25, 0.3) is 6.08 Å². The zero-order chi connectivity index (χ0) is 17.6. The number of carbonyl (C=O) groups excluding carboxylic acids is 1. The molecule has 0 saturated heterocycles. The minimum atomic E-state index is -0.263. The molecule has 1 aromatic rings. The van der Waals surface area contributed by atoms with Crippen molar-refractivity contribution in [1.82, 2.24) is 5.32 Å². The average Bonchev–Trinajstić information content (AvgIpc) is 2.56. The molecule has 0 unspecified atom stereocenters. The van der Waals surface area contributed by atoms with Crippen LogP contribution in [0.3, 0.4) is 0 Å². The molecular weight excluding hydrogens is 302 g/mol. The summed E-state index contributed by atoms with van der Waals surface area (Å²) in [5.41, 5.74) is 1.83. The Morgan fingerprint density at radius 3 is 2.67 bits per heavy atom. The van der Waals surface area contributed by atoms with E-state index in [-0.39, 0.29) is 11.5 Å². The molecule has 0 aliphatic carbocycles. The van der Waals surface area contributed by atoms with E-state index in [1.54, 1.807) is 13.2 Å². The highest BCUT2D eigenvalue weighted by Gasteiger charge is 1.96. The maximum atomic E-state index is 11.8. The van der Waals surface area contributed by atoms with E-state index in [9.17, 15) is 9.90 Å². The number of aliphatic hydroxyl groups excluding tert-OH is 1. The van der Waals surface area contributed by atoms with E-state index in [4.69, 9.17) is 4.74 Å². The van der Waals surface area contributed by atoms with Crippen molar-refractivity contribution in [2.45, 2.75) is 13.3 Å². The van der Waals surface area contributed by atoms with Gasteiger partial charge in [0.05, 0.1) is 0 Å². The van der Waals surface area contributed by atoms with Crippen molar-refractivity contribution in [3.05, 3.63) is 77.7 Å². The van der Waals surface area contributed by atoms with Crippen molar-refractivity contribution in [3.63, 3.8) is 0 Å². The molecule has 4 nitrogen and oxygen atoms in total. The molecule has 128 valence electrons. The number of hydrogen-bond donors (Lipinski definition) is 2. The smallest absolute Gasteiger partial charge is 0.184 e. The molecule has 1 rings (SSSR count). The zero-order valence-corrected chi connectivity index (χ0v) is 14.2. The SMILES string of the molecule is COCCCN/C(C)=C/C(=O)/C=C(O)/C=C/C=C/c1ccccc1. The second kappa shape index (κ2) is 11.9. The Labute approximate surface area is 143 Å². The van der Waals surface area contributed by atoms with E-state index in [1.165, 1.54) is 18.2 Å². The lowest BCUT2D eigenvalue weighted by molar-refractivity contribution is -0.110. The molecule has 0 amide bonds. The van der Waals surface area contributed by atoms with Gasteiger partial charge in [-0.05, 0) is 25.0 Å². The fourth-order valence-electron chi connectivity index (χ4n) is 1.89. The first kappa shape index (κ1) is 19.5. The summed E-state index contributed by atoms with van der Waals surface area (Å²) in [5.74, 6) is -0.345. The van der Waals surface area contributed by atoms with Crippen LogP contribution in [-0.4, -0.2) is 31.2 Å². The topological polar surface area (TPSA) is 58.6 Å². The molecule has 4 heteroatoms. The quantitative estimate of drug-likeness (QED) is 0.297. The molecule has 0 fully saturated rings. The van der Waals surface area contributed by atoms with Crippen LogP contribution in [0.2, 0.25) is 0 Å². The number of carbonyl (C=O) groups is 1. The van der Waals surface area contributed by atoms with Crippen molar-refractivity contribution < 1.29 is 14.6 Å². The Morgan fingerprint density at radius 1 is 1.21 bits per heavy atom. The summed E-state index contributed by atoms with van der Waals surface area (Å²) in [4.78, 5) is 11.8. The Hall–Kier alpha value is -2.59. The molecule has 24 heavy (non-hydrogen) atoms. The van der Waals surface area contributed by atoms with Crippen molar-refractivity contribution in [2.75, 3.05) is 20.3 Å². The van der Waals surface area contributed by atoms with Gasteiger partial charge in [0.25, 0.3) is 0 Å². The number of aliphatic hydroxyl groups is 1. The first-order chi connectivity index (χ1) is 11.6. The number of benzene rings is 1. The second-order valence-corrected chi connectivity index (χ2v) is 5.20.